The van der Waals surface area contributed by atoms with Crippen molar-refractivity contribution >= 4 is 11.8 Å². The van der Waals surface area contributed by atoms with Gasteiger partial charge < -0.3 is 19.7 Å². The Balaban J connectivity index is 1.58. The summed E-state index contributed by atoms with van der Waals surface area (Å²) >= 11 is 0. The van der Waals surface area contributed by atoms with E-state index < -0.39 is 6.04 Å². The first-order chi connectivity index (χ1) is 18.0. The normalized spacial score (nSPS) is 13.9. The third kappa shape index (κ3) is 7.35. The molecule has 2 atom stereocenters. The molecule has 2 amide bonds. The van der Waals surface area contributed by atoms with Crippen LogP contribution in [0.3, 0.4) is 0 Å². The van der Waals surface area contributed by atoms with E-state index in [4.69, 9.17) is 9.47 Å². The second kappa shape index (κ2) is 12.9. The van der Waals surface area contributed by atoms with Crippen LogP contribution in [0.25, 0.3) is 0 Å². The molecule has 0 fully saturated rings. The van der Waals surface area contributed by atoms with Crippen molar-refractivity contribution in [3.63, 3.8) is 0 Å². The van der Waals surface area contributed by atoms with Crippen LogP contribution in [0.2, 0.25) is 0 Å². The lowest BCUT2D eigenvalue weighted by Crippen LogP contribution is -2.52. The highest BCUT2D eigenvalue weighted by Gasteiger charge is 2.30. The van der Waals surface area contributed by atoms with Gasteiger partial charge in [-0.25, -0.2) is 0 Å². The SMILES string of the molecule is CCC(C)NC(=O)C(Cc1ccccc1)N(Cc1ccccc1)C(=O)CCc1ccc2c(c1)OCCO2. The van der Waals surface area contributed by atoms with E-state index >= 15 is 0 Å². The number of ether oxygens (including phenoxy) is 2. The van der Waals surface area contributed by atoms with Crippen LogP contribution in [-0.2, 0) is 29.0 Å². The molecule has 1 aliphatic heterocycles. The van der Waals surface area contributed by atoms with Gasteiger partial charge in [-0.1, -0.05) is 73.7 Å². The van der Waals surface area contributed by atoms with Gasteiger partial charge in [0.25, 0.3) is 0 Å². The van der Waals surface area contributed by atoms with Crippen LogP contribution in [0.4, 0.5) is 0 Å². The van der Waals surface area contributed by atoms with Gasteiger partial charge in [-0.05, 0) is 48.6 Å². The number of aryl methyl sites for hydroxylation is 1. The summed E-state index contributed by atoms with van der Waals surface area (Å²) in [5, 5.41) is 3.12. The molecule has 0 spiro atoms. The summed E-state index contributed by atoms with van der Waals surface area (Å²) < 4.78 is 11.3. The van der Waals surface area contributed by atoms with E-state index in [9.17, 15) is 9.59 Å². The predicted octanol–water partition coefficient (Wildman–Crippen LogP) is 4.95. The Hall–Kier alpha value is -3.80. The molecule has 1 N–H and O–H groups in total. The number of rotatable bonds is 11. The summed E-state index contributed by atoms with van der Waals surface area (Å²) in [6, 6.07) is 25.0. The van der Waals surface area contributed by atoms with Crippen LogP contribution >= 0.6 is 0 Å². The molecule has 0 radical (unpaired) electrons. The molecule has 2 unspecified atom stereocenters. The Labute approximate surface area is 219 Å². The van der Waals surface area contributed by atoms with Crippen LogP contribution < -0.4 is 14.8 Å². The molecular formula is C31H36N2O4. The van der Waals surface area contributed by atoms with Gasteiger partial charge in [0.15, 0.2) is 11.5 Å². The van der Waals surface area contributed by atoms with Crippen LogP contribution in [0.15, 0.2) is 78.9 Å². The zero-order valence-corrected chi connectivity index (χ0v) is 21.7. The highest BCUT2D eigenvalue weighted by atomic mass is 16.6. The largest absolute Gasteiger partial charge is 0.486 e. The van der Waals surface area contributed by atoms with Crippen LogP contribution in [0, 0.1) is 0 Å². The molecule has 0 saturated heterocycles. The fraction of sp³-hybridized carbons (Fsp3) is 0.355. The zero-order valence-electron chi connectivity index (χ0n) is 21.7. The summed E-state index contributed by atoms with van der Waals surface area (Å²) in [7, 11) is 0. The number of hydrogen-bond acceptors (Lipinski definition) is 4. The number of nitrogens with zero attached hydrogens (tertiary/aromatic N) is 1. The Morgan fingerprint density at radius 1 is 0.865 bits per heavy atom. The minimum Gasteiger partial charge on any atom is -0.486 e. The van der Waals surface area contributed by atoms with Crippen molar-refractivity contribution in [2.75, 3.05) is 13.2 Å². The molecule has 4 rings (SSSR count). The lowest BCUT2D eigenvalue weighted by molar-refractivity contribution is -0.141. The summed E-state index contributed by atoms with van der Waals surface area (Å²) in [5.41, 5.74) is 3.01. The van der Waals surface area contributed by atoms with Gasteiger partial charge >= 0.3 is 0 Å². The first kappa shape index (κ1) is 26.3. The summed E-state index contributed by atoms with van der Waals surface area (Å²) in [6.07, 6.45) is 2.10. The smallest absolute Gasteiger partial charge is 0.243 e. The molecule has 1 aliphatic rings. The first-order valence-corrected chi connectivity index (χ1v) is 13.1. The molecule has 6 nitrogen and oxygen atoms in total. The Kier molecular flexibility index (Phi) is 9.19. The summed E-state index contributed by atoms with van der Waals surface area (Å²) in [5.74, 6) is 1.27. The number of nitrogens with one attached hydrogen (secondary N) is 1. The lowest BCUT2D eigenvalue weighted by atomic mass is 10.0. The molecule has 0 bridgehead atoms. The maximum absolute atomic E-state index is 13.8. The van der Waals surface area contributed by atoms with Crippen molar-refractivity contribution in [1.82, 2.24) is 10.2 Å². The van der Waals surface area contributed by atoms with Gasteiger partial charge in [-0.3, -0.25) is 9.59 Å². The number of hydrogen-bond donors (Lipinski definition) is 1. The molecule has 37 heavy (non-hydrogen) atoms. The van der Waals surface area contributed by atoms with E-state index in [1.165, 1.54) is 0 Å². The third-order valence-corrected chi connectivity index (χ3v) is 6.70. The highest BCUT2D eigenvalue weighted by molar-refractivity contribution is 5.88. The van der Waals surface area contributed by atoms with Gasteiger partial charge in [0.05, 0.1) is 0 Å². The van der Waals surface area contributed by atoms with Gasteiger partial charge in [0, 0.05) is 25.4 Å². The van der Waals surface area contributed by atoms with Crippen LogP contribution in [0.1, 0.15) is 43.4 Å². The Morgan fingerprint density at radius 2 is 1.51 bits per heavy atom. The second-order valence-electron chi connectivity index (χ2n) is 9.51. The number of carbonyl (C=O) groups excluding carboxylic acids is 2. The maximum atomic E-state index is 13.8. The minimum atomic E-state index is -0.621. The quantitative estimate of drug-likeness (QED) is 0.405. The van der Waals surface area contributed by atoms with Crippen molar-refractivity contribution in [2.24, 2.45) is 0 Å². The van der Waals surface area contributed by atoms with Crippen molar-refractivity contribution in [2.45, 2.75) is 58.2 Å². The van der Waals surface area contributed by atoms with E-state index in [0.717, 1.165) is 28.9 Å². The number of fused-ring (bicyclic) bond motifs is 1. The second-order valence-corrected chi connectivity index (χ2v) is 9.51. The van der Waals surface area contributed by atoms with Crippen LogP contribution in [-0.4, -0.2) is 42.0 Å². The van der Waals surface area contributed by atoms with E-state index in [1.807, 2.05) is 92.7 Å². The minimum absolute atomic E-state index is 0.0252. The molecule has 1 heterocycles. The molecule has 0 aliphatic carbocycles. The number of benzene rings is 3. The van der Waals surface area contributed by atoms with Gasteiger partial charge in [0.1, 0.15) is 19.3 Å². The van der Waals surface area contributed by atoms with E-state index in [2.05, 4.69) is 5.32 Å². The molecule has 0 saturated carbocycles. The van der Waals surface area contributed by atoms with Gasteiger partial charge in [-0.2, -0.15) is 0 Å². The summed E-state index contributed by atoms with van der Waals surface area (Å²) in [6.45, 7) is 5.46. The molecule has 6 heteroatoms. The van der Waals surface area contributed by atoms with Crippen molar-refractivity contribution in [3.05, 3.63) is 95.6 Å². The molecule has 3 aromatic carbocycles. The Morgan fingerprint density at radius 3 is 2.19 bits per heavy atom. The lowest BCUT2D eigenvalue weighted by Gasteiger charge is -2.32. The predicted molar refractivity (Wildman–Crippen MR) is 145 cm³/mol. The molecule has 3 aromatic rings. The average molecular weight is 501 g/mol. The fourth-order valence-corrected chi connectivity index (χ4v) is 4.41. The first-order valence-electron chi connectivity index (χ1n) is 13.1. The summed E-state index contributed by atoms with van der Waals surface area (Å²) in [4.78, 5) is 29.1. The molecule has 194 valence electrons. The van der Waals surface area contributed by atoms with Crippen molar-refractivity contribution < 1.29 is 19.1 Å². The highest BCUT2D eigenvalue weighted by Crippen LogP contribution is 2.31. The maximum Gasteiger partial charge on any atom is 0.243 e. The van der Waals surface area contributed by atoms with Gasteiger partial charge in [0.2, 0.25) is 11.8 Å². The van der Waals surface area contributed by atoms with E-state index in [1.54, 1.807) is 4.90 Å². The number of carbonyl (C=O) groups is 2. The van der Waals surface area contributed by atoms with Crippen LogP contribution in [0.5, 0.6) is 11.5 Å². The Bertz CT molecular complexity index is 1170. The fourth-order valence-electron chi connectivity index (χ4n) is 4.41. The molecular weight excluding hydrogens is 464 g/mol. The van der Waals surface area contributed by atoms with E-state index in [-0.39, 0.29) is 24.3 Å². The molecule has 0 aromatic heterocycles. The third-order valence-electron chi connectivity index (χ3n) is 6.70. The van der Waals surface area contributed by atoms with Gasteiger partial charge in [-0.15, -0.1) is 0 Å². The topological polar surface area (TPSA) is 67.9 Å². The monoisotopic (exact) mass is 500 g/mol. The van der Waals surface area contributed by atoms with E-state index in [0.29, 0.717) is 38.3 Å². The van der Waals surface area contributed by atoms with Crippen molar-refractivity contribution in [1.29, 1.82) is 0 Å². The zero-order chi connectivity index (χ0) is 26.0. The van der Waals surface area contributed by atoms with Crippen molar-refractivity contribution in [3.8, 4) is 11.5 Å². The number of amides is 2. The average Bonchev–Trinajstić information content (AvgIpc) is 2.94. The standard InChI is InChI=1S/C31H36N2O4/c1-3-23(2)32-31(35)27(20-24-10-6-4-7-11-24)33(22-26-12-8-5-9-13-26)30(34)17-15-25-14-16-28-29(21-25)37-19-18-36-28/h4-14,16,21,23,27H,3,15,17-20,22H2,1-2H3,(H,32,35).